The van der Waals surface area contributed by atoms with Gasteiger partial charge in [0.2, 0.25) is 5.91 Å². The highest BCUT2D eigenvalue weighted by Gasteiger charge is 2.22. The van der Waals surface area contributed by atoms with Crippen molar-refractivity contribution in [2.45, 2.75) is 38.0 Å². The summed E-state index contributed by atoms with van der Waals surface area (Å²) < 4.78 is 22.8. The lowest BCUT2D eigenvalue weighted by Crippen LogP contribution is -2.50. The van der Waals surface area contributed by atoms with Gasteiger partial charge >= 0.3 is 0 Å². The molecule has 1 saturated heterocycles. The third kappa shape index (κ3) is 7.48. The molecule has 2 N–H and O–H groups in total. The zero-order chi connectivity index (χ0) is 25.3. The summed E-state index contributed by atoms with van der Waals surface area (Å²) in [6.07, 6.45) is 4.82. The molecular weight excluding hydrogens is 475 g/mol. The van der Waals surface area contributed by atoms with Crippen molar-refractivity contribution in [1.82, 2.24) is 19.5 Å². The van der Waals surface area contributed by atoms with Crippen LogP contribution >= 0.6 is 11.9 Å². The number of fused-ring (bicyclic) bond motifs is 1. The molecule has 2 heterocycles. The fourth-order valence-corrected chi connectivity index (χ4v) is 5.17. The molecule has 2 aromatic carbocycles. The van der Waals surface area contributed by atoms with E-state index in [1.807, 2.05) is 37.1 Å². The summed E-state index contributed by atoms with van der Waals surface area (Å²) in [6.45, 7) is 10.0. The van der Waals surface area contributed by atoms with Crippen molar-refractivity contribution in [1.29, 1.82) is 0 Å². The zero-order valence-corrected chi connectivity index (χ0v) is 22.1. The van der Waals surface area contributed by atoms with Crippen molar-refractivity contribution >= 4 is 28.8 Å². The van der Waals surface area contributed by atoms with Crippen LogP contribution < -0.4 is 9.46 Å². The topological polar surface area (TPSA) is 60.6 Å². The predicted molar refractivity (Wildman–Crippen MR) is 145 cm³/mol. The Balaban J connectivity index is 1.07. The number of nitrogens with zero attached hydrogens (tertiary/aromatic N) is 2. The molecule has 0 radical (unpaired) electrons. The Bertz CT molecular complexity index is 1110. The largest absolute Gasteiger partial charge is 0.494 e. The van der Waals surface area contributed by atoms with Gasteiger partial charge < -0.3 is 14.6 Å². The number of carbonyl (C=O) groups is 1. The maximum absolute atomic E-state index is 13.5. The number of H-pyrrole nitrogens is 1. The van der Waals surface area contributed by atoms with E-state index in [-0.39, 0.29) is 17.6 Å². The minimum absolute atomic E-state index is 0.0784. The van der Waals surface area contributed by atoms with Gasteiger partial charge in [-0.15, -0.1) is 0 Å². The van der Waals surface area contributed by atoms with E-state index >= 15 is 0 Å². The Labute approximate surface area is 217 Å². The number of ether oxygens (including phenoxy) is 1. The molecule has 194 valence electrons. The van der Waals surface area contributed by atoms with Gasteiger partial charge in [0.05, 0.1) is 6.61 Å². The molecule has 0 atom stereocenters. The van der Waals surface area contributed by atoms with Crippen LogP contribution in [0.3, 0.4) is 0 Å². The van der Waals surface area contributed by atoms with E-state index in [4.69, 9.17) is 4.74 Å². The standard InChI is InChI=1S/C28H37FN4O2S/c1-21(2)28(34)33-16-14-32(15-17-33)13-4-18-35-24-7-9-25(10-8-24)36-31-12-3-5-22-20-30-27-11-6-23(29)19-26(22)27/h6-11,19-21,30-31H,3-5,12-18H2,1-2H3. The lowest BCUT2D eigenvalue weighted by atomic mass is 10.1. The number of carbonyl (C=O) groups excluding carboxylic acids is 1. The number of rotatable bonds is 12. The van der Waals surface area contributed by atoms with Crippen LogP contribution in [0.2, 0.25) is 0 Å². The molecule has 1 aliphatic rings. The van der Waals surface area contributed by atoms with Gasteiger partial charge in [0.15, 0.2) is 0 Å². The Morgan fingerprint density at radius 1 is 1.11 bits per heavy atom. The minimum Gasteiger partial charge on any atom is -0.494 e. The number of aryl methyl sites for hydroxylation is 1. The van der Waals surface area contributed by atoms with E-state index in [1.165, 1.54) is 6.07 Å². The monoisotopic (exact) mass is 512 g/mol. The summed E-state index contributed by atoms with van der Waals surface area (Å²) in [6, 6.07) is 13.0. The molecule has 0 saturated carbocycles. The van der Waals surface area contributed by atoms with E-state index in [0.29, 0.717) is 6.61 Å². The summed E-state index contributed by atoms with van der Waals surface area (Å²) in [5.41, 5.74) is 2.13. The highest BCUT2D eigenvalue weighted by Crippen LogP contribution is 2.22. The molecule has 0 unspecified atom stereocenters. The Kier molecular flexibility index (Phi) is 9.67. The Morgan fingerprint density at radius 2 is 1.89 bits per heavy atom. The molecule has 1 amide bonds. The zero-order valence-electron chi connectivity index (χ0n) is 21.3. The van der Waals surface area contributed by atoms with Crippen LogP contribution in [0.1, 0.15) is 32.3 Å². The molecule has 6 nitrogen and oxygen atoms in total. The normalized spacial score (nSPS) is 14.6. The average molecular weight is 513 g/mol. The molecule has 0 spiro atoms. The SMILES string of the molecule is CC(C)C(=O)N1CCN(CCCOc2ccc(SNCCCc3c[nH]c4ccc(F)cc34)cc2)CC1. The van der Waals surface area contributed by atoms with Crippen LogP contribution in [0, 0.1) is 11.7 Å². The van der Waals surface area contributed by atoms with E-state index in [1.54, 1.807) is 24.1 Å². The number of halogens is 1. The van der Waals surface area contributed by atoms with Crippen molar-refractivity contribution in [2.75, 3.05) is 45.9 Å². The lowest BCUT2D eigenvalue weighted by molar-refractivity contribution is -0.136. The number of aromatic amines is 1. The smallest absolute Gasteiger partial charge is 0.225 e. The quantitative estimate of drug-likeness (QED) is 0.261. The molecule has 1 fully saturated rings. The van der Waals surface area contributed by atoms with Crippen molar-refractivity contribution in [3.8, 4) is 5.75 Å². The van der Waals surface area contributed by atoms with Gasteiger partial charge in [-0.1, -0.05) is 13.8 Å². The van der Waals surface area contributed by atoms with Crippen LogP contribution in [-0.4, -0.2) is 66.6 Å². The highest BCUT2D eigenvalue weighted by molar-refractivity contribution is 7.97. The molecule has 1 aliphatic heterocycles. The van der Waals surface area contributed by atoms with Crippen LogP contribution in [0.4, 0.5) is 4.39 Å². The third-order valence-electron chi connectivity index (χ3n) is 6.53. The summed E-state index contributed by atoms with van der Waals surface area (Å²) in [7, 11) is 0. The molecule has 4 rings (SSSR count). The fraction of sp³-hybridized carbons (Fsp3) is 0.464. The molecule has 3 aromatic rings. The number of hydrogen-bond acceptors (Lipinski definition) is 5. The molecule has 1 aromatic heterocycles. The van der Waals surface area contributed by atoms with E-state index in [2.05, 4.69) is 26.7 Å². The first kappa shape index (κ1) is 26.5. The highest BCUT2D eigenvalue weighted by atomic mass is 32.2. The maximum atomic E-state index is 13.5. The van der Waals surface area contributed by atoms with Gasteiger partial charge in [-0.05, 0) is 79.2 Å². The second-order valence-electron chi connectivity index (χ2n) is 9.60. The number of benzene rings is 2. The van der Waals surface area contributed by atoms with Crippen molar-refractivity contribution in [3.05, 3.63) is 60.0 Å². The van der Waals surface area contributed by atoms with E-state index < -0.39 is 0 Å². The fourth-order valence-electron chi connectivity index (χ4n) is 4.48. The lowest BCUT2D eigenvalue weighted by Gasteiger charge is -2.35. The Hall–Kier alpha value is -2.55. The van der Waals surface area contributed by atoms with Crippen LogP contribution in [0.25, 0.3) is 10.9 Å². The predicted octanol–water partition coefficient (Wildman–Crippen LogP) is 5.11. The average Bonchev–Trinajstić information content (AvgIpc) is 3.29. The third-order valence-corrected chi connectivity index (χ3v) is 7.39. The van der Waals surface area contributed by atoms with Crippen LogP contribution in [0.5, 0.6) is 5.75 Å². The van der Waals surface area contributed by atoms with Crippen LogP contribution in [0.15, 0.2) is 53.6 Å². The van der Waals surface area contributed by atoms with Gasteiger partial charge in [-0.2, -0.15) is 0 Å². The molecule has 0 bridgehead atoms. The van der Waals surface area contributed by atoms with Gasteiger partial charge in [-0.3, -0.25) is 14.4 Å². The summed E-state index contributed by atoms with van der Waals surface area (Å²) in [5.74, 6) is 1.03. The molecular formula is C28H37FN4O2S. The number of nitrogens with one attached hydrogen (secondary N) is 2. The van der Waals surface area contributed by atoms with E-state index in [0.717, 1.165) is 85.6 Å². The molecule has 0 aliphatic carbocycles. The first-order valence-corrected chi connectivity index (χ1v) is 13.7. The van der Waals surface area contributed by atoms with Gasteiger partial charge in [-0.25, -0.2) is 4.39 Å². The number of piperazine rings is 1. The van der Waals surface area contributed by atoms with Gasteiger partial charge in [0, 0.05) is 67.2 Å². The number of hydrogen-bond donors (Lipinski definition) is 2. The summed E-state index contributed by atoms with van der Waals surface area (Å²) in [5, 5.41) is 0.971. The first-order chi connectivity index (χ1) is 17.5. The number of amides is 1. The molecule has 8 heteroatoms. The first-order valence-electron chi connectivity index (χ1n) is 12.9. The van der Waals surface area contributed by atoms with Crippen LogP contribution in [-0.2, 0) is 11.2 Å². The second kappa shape index (κ2) is 13.1. The van der Waals surface area contributed by atoms with Gasteiger partial charge in [0.1, 0.15) is 11.6 Å². The van der Waals surface area contributed by atoms with Crippen molar-refractivity contribution in [3.63, 3.8) is 0 Å². The second-order valence-corrected chi connectivity index (χ2v) is 10.6. The van der Waals surface area contributed by atoms with Crippen molar-refractivity contribution < 1.29 is 13.9 Å². The van der Waals surface area contributed by atoms with Crippen molar-refractivity contribution in [2.24, 2.45) is 5.92 Å². The Morgan fingerprint density at radius 3 is 2.64 bits per heavy atom. The number of aromatic nitrogens is 1. The minimum atomic E-state index is -0.196. The maximum Gasteiger partial charge on any atom is 0.225 e. The molecule has 36 heavy (non-hydrogen) atoms. The summed E-state index contributed by atoms with van der Waals surface area (Å²) in [4.78, 5) is 20.8. The van der Waals surface area contributed by atoms with E-state index in [9.17, 15) is 9.18 Å². The summed E-state index contributed by atoms with van der Waals surface area (Å²) >= 11 is 1.62. The van der Waals surface area contributed by atoms with Gasteiger partial charge in [0.25, 0.3) is 0 Å².